The number of carbonyl (C=O) groups excluding carboxylic acids is 1. The van der Waals surface area contributed by atoms with Crippen LogP contribution in [-0.4, -0.2) is 17.5 Å². The van der Waals surface area contributed by atoms with Gasteiger partial charge in [0, 0.05) is 18.8 Å². The van der Waals surface area contributed by atoms with E-state index in [1.165, 1.54) is 16.7 Å². The summed E-state index contributed by atoms with van der Waals surface area (Å²) < 4.78 is 0. The van der Waals surface area contributed by atoms with Gasteiger partial charge in [0.2, 0.25) is 0 Å². The maximum atomic E-state index is 12.1. The summed E-state index contributed by atoms with van der Waals surface area (Å²) in [6.45, 7) is 3.52. The number of nitrogens with zero attached hydrogens (tertiary/aromatic N) is 1. The topological polar surface area (TPSA) is 32.3 Å². The summed E-state index contributed by atoms with van der Waals surface area (Å²) in [5.41, 5.74) is 4.66. The fourth-order valence-electron chi connectivity index (χ4n) is 2.58. The van der Waals surface area contributed by atoms with Gasteiger partial charge in [-0.25, -0.2) is 4.79 Å². The number of fused-ring (bicyclic) bond motifs is 1. The average molecular weight is 266 g/mol. The first kappa shape index (κ1) is 12.7. The van der Waals surface area contributed by atoms with Gasteiger partial charge in [-0.15, -0.1) is 0 Å². The number of aryl methyl sites for hydroxylation is 1. The molecule has 1 aliphatic rings. The second kappa shape index (κ2) is 5.37. The highest BCUT2D eigenvalue weighted by molar-refractivity contribution is 5.92. The van der Waals surface area contributed by atoms with Crippen LogP contribution in [0.15, 0.2) is 48.5 Å². The molecule has 1 N–H and O–H groups in total. The summed E-state index contributed by atoms with van der Waals surface area (Å²) in [6, 6.07) is 16.3. The van der Waals surface area contributed by atoms with Gasteiger partial charge in [-0.3, -0.25) is 0 Å². The first-order valence-corrected chi connectivity index (χ1v) is 6.92. The minimum absolute atomic E-state index is 0.000897. The van der Waals surface area contributed by atoms with Gasteiger partial charge in [-0.1, -0.05) is 42.5 Å². The highest BCUT2D eigenvalue weighted by Crippen LogP contribution is 2.26. The lowest BCUT2D eigenvalue weighted by Gasteiger charge is -2.30. The maximum Gasteiger partial charge on any atom is 0.322 e. The van der Waals surface area contributed by atoms with Crippen molar-refractivity contribution in [2.75, 3.05) is 11.9 Å². The van der Waals surface area contributed by atoms with Crippen molar-refractivity contribution in [1.29, 1.82) is 0 Å². The molecule has 3 rings (SSSR count). The zero-order valence-corrected chi connectivity index (χ0v) is 11.6. The molecule has 0 aliphatic carbocycles. The molecule has 0 atom stereocenters. The number of amides is 2. The largest absolute Gasteiger partial charge is 0.322 e. The van der Waals surface area contributed by atoms with Crippen LogP contribution >= 0.6 is 0 Å². The molecule has 0 fully saturated rings. The van der Waals surface area contributed by atoms with Gasteiger partial charge >= 0.3 is 6.03 Å². The van der Waals surface area contributed by atoms with Crippen molar-refractivity contribution in [3.8, 4) is 0 Å². The van der Waals surface area contributed by atoms with Crippen molar-refractivity contribution in [2.24, 2.45) is 0 Å². The molecule has 0 saturated carbocycles. The summed E-state index contributed by atoms with van der Waals surface area (Å²) in [5.74, 6) is 0. The number of urea groups is 1. The SMILES string of the molecule is Cc1cccc2c1CN(CCc1ccccc1)C(=O)N2. The van der Waals surface area contributed by atoms with Crippen molar-refractivity contribution in [3.05, 3.63) is 65.2 Å². The third-order valence-electron chi connectivity index (χ3n) is 3.80. The number of anilines is 1. The van der Waals surface area contributed by atoms with E-state index < -0.39 is 0 Å². The Morgan fingerprint density at radius 2 is 1.90 bits per heavy atom. The number of hydrogen-bond acceptors (Lipinski definition) is 1. The fourth-order valence-corrected chi connectivity index (χ4v) is 2.58. The highest BCUT2D eigenvalue weighted by atomic mass is 16.2. The summed E-state index contributed by atoms with van der Waals surface area (Å²) in [4.78, 5) is 14.0. The Hall–Kier alpha value is -2.29. The smallest absolute Gasteiger partial charge is 0.320 e. The number of nitrogens with one attached hydrogen (secondary N) is 1. The second-order valence-electron chi connectivity index (χ2n) is 5.19. The number of benzene rings is 2. The van der Waals surface area contributed by atoms with Crippen molar-refractivity contribution in [1.82, 2.24) is 4.90 Å². The van der Waals surface area contributed by atoms with E-state index in [1.807, 2.05) is 35.2 Å². The van der Waals surface area contributed by atoms with Gasteiger partial charge in [-0.05, 0) is 36.1 Å². The third kappa shape index (κ3) is 2.52. The Morgan fingerprint density at radius 3 is 2.70 bits per heavy atom. The normalized spacial score (nSPS) is 13.8. The molecule has 0 radical (unpaired) electrons. The van der Waals surface area contributed by atoms with Crippen LogP contribution in [0.3, 0.4) is 0 Å². The number of hydrogen-bond donors (Lipinski definition) is 1. The molecule has 0 bridgehead atoms. The van der Waals surface area contributed by atoms with E-state index in [0.29, 0.717) is 6.54 Å². The highest BCUT2D eigenvalue weighted by Gasteiger charge is 2.22. The predicted molar refractivity (Wildman–Crippen MR) is 80.8 cm³/mol. The Bertz CT molecular complexity index is 622. The zero-order valence-electron chi connectivity index (χ0n) is 11.6. The van der Waals surface area contributed by atoms with Gasteiger partial charge in [0.15, 0.2) is 0 Å². The average Bonchev–Trinajstić information content (AvgIpc) is 2.47. The van der Waals surface area contributed by atoms with Crippen LogP contribution in [0.1, 0.15) is 16.7 Å². The predicted octanol–water partition coefficient (Wildman–Crippen LogP) is 3.59. The Morgan fingerprint density at radius 1 is 1.10 bits per heavy atom. The van der Waals surface area contributed by atoms with Crippen molar-refractivity contribution in [3.63, 3.8) is 0 Å². The number of rotatable bonds is 3. The molecule has 3 nitrogen and oxygen atoms in total. The maximum absolute atomic E-state index is 12.1. The fraction of sp³-hybridized carbons (Fsp3) is 0.235. The second-order valence-corrected chi connectivity index (χ2v) is 5.19. The van der Waals surface area contributed by atoms with Gasteiger partial charge in [0.25, 0.3) is 0 Å². The van der Waals surface area contributed by atoms with Crippen LogP contribution in [0.2, 0.25) is 0 Å². The van der Waals surface area contributed by atoms with Crippen molar-refractivity contribution >= 4 is 11.7 Å². The van der Waals surface area contributed by atoms with E-state index >= 15 is 0 Å². The standard InChI is InChI=1S/C17H18N2O/c1-13-6-5-9-16-15(13)12-19(17(20)18-16)11-10-14-7-3-2-4-8-14/h2-9H,10-12H2,1H3,(H,18,20). The molecule has 0 spiro atoms. The summed E-state index contributed by atoms with van der Waals surface area (Å²) in [5, 5.41) is 2.97. The van der Waals surface area contributed by atoms with Crippen LogP contribution in [0.4, 0.5) is 10.5 Å². The molecular formula is C17H18N2O. The molecule has 0 saturated heterocycles. The lowest BCUT2D eigenvalue weighted by molar-refractivity contribution is 0.207. The van der Waals surface area contributed by atoms with Gasteiger partial charge in [0.1, 0.15) is 0 Å². The molecule has 1 aliphatic heterocycles. The third-order valence-corrected chi connectivity index (χ3v) is 3.80. The monoisotopic (exact) mass is 266 g/mol. The van der Waals surface area contributed by atoms with E-state index in [0.717, 1.165) is 18.7 Å². The van der Waals surface area contributed by atoms with Gasteiger partial charge < -0.3 is 10.2 Å². The molecule has 102 valence electrons. The van der Waals surface area contributed by atoms with Crippen molar-refractivity contribution in [2.45, 2.75) is 19.9 Å². The van der Waals surface area contributed by atoms with Crippen LogP contribution in [0.25, 0.3) is 0 Å². The minimum atomic E-state index is -0.000897. The molecule has 0 unspecified atom stereocenters. The first-order chi connectivity index (χ1) is 9.74. The Kier molecular flexibility index (Phi) is 3.42. The lowest BCUT2D eigenvalue weighted by atomic mass is 10.0. The molecule has 2 aromatic carbocycles. The van der Waals surface area contributed by atoms with Crippen LogP contribution in [0.5, 0.6) is 0 Å². The minimum Gasteiger partial charge on any atom is -0.320 e. The molecule has 1 heterocycles. The molecule has 20 heavy (non-hydrogen) atoms. The van der Waals surface area contributed by atoms with Crippen LogP contribution < -0.4 is 5.32 Å². The van der Waals surface area contributed by atoms with E-state index in [1.54, 1.807) is 0 Å². The van der Waals surface area contributed by atoms with E-state index in [9.17, 15) is 4.79 Å². The Labute approximate surface area is 119 Å². The first-order valence-electron chi connectivity index (χ1n) is 6.92. The molecule has 2 aromatic rings. The molecule has 3 heteroatoms. The molecule has 2 amide bonds. The van der Waals surface area contributed by atoms with Crippen molar-refractivity contribution < 1.29 is 4.79 Å². The zero-order chi connectivity index (χ0) is 13.9. The quantitative estimate of drug-likeness (QED) is 0.904. The molecular weight excluding hydrogens is 248 g/mol. The van der Waals surface area contributed by atoms with E-state index in [4.69, 9.17) is 0 Å². The van der Waals surface area contributed by atoms with E-state index in [2.05, 4.69) is 30.4 Å². The summed E-state index contributed by atoms with van der Waals surface area (Å²) >= 11 is 0. The van der Waals surface area contributed by atoms with Crippen LogP contribution in [0, 0.1) is 6.92 Å². The number of carbonyl (C=O) groups is 1. The lowest BCUT2D eigenvalue weighted by Crippen LogP contribution is -2.40. The van der Waals surface area contributed by atoms with Gasteiger partial charge in [0.05, 0.1) is 0 Å². The Balaban J connectivity index is 1.72. The van der Waals surface area contributed by atoms with Crippen LogP contribution in [-0.2, 0) is 13.0 Å². The molecule has 0 aromatic heterocycles. The van der Waals surface area contributed by atoms with Gasteiger partial charge in [-0.2, -0.15) is 0 Å². The summed E-state index contributed by atoms with van der Waals surface area (Å²) in [7, 11) is 0. The van der Waals surface area contributed by atoms with E-state index in [-0.39, 0.29) is 6.03 Å². The summed E-state index contributed by atoms with van der Waals surface area (Å²) in [6.07, 6.45) is 0.884.